The molecule has 0 bridgehead atoms. The van der Waals surface area contributed by atoms with Crippen LogP contribution in [0.15, 0.2) is 18.2 Å². The van der Waals surface area contributed by atoms with E-state index in [1.165, 1.54) is 6.07 Å². The Morgan fingerprint density at radius 3 is 2.65 bits per heavy atom. The van der Waals surface area contributed by atoms with Gasteiger partial charge >= 0.3 is 6.03 Å². The van der Waals surface area contributed by atoms with E-state index in [-0.39, 0.29) is 18.4 Å². The molecule has 1 aliphatic carbocycles. The SMILES string of the molecule is CC1(C2CC2)NC(=O)N(CC(=O)Nc2ccc(Cl)c(Cl)c2)C1=O. The van der Waals surface area contributed by atoms with Crippen molar-refractivity contribution < 1.29 is 14.4 Å². The number of urea groups is 1. The fraction of sp³-hybridized carbons (Fsp3) is 0.400. The van der Waals surface area contributed by atoms with Gasteiger partial charge in [0.25, 0.3) is 5.91 Å². The number of carbonyl (C=O) groups excluding carboxylic acids is 3. The Morgan fingerprint density at radius 2 is 2.04 bits per heavy atom. The van der Waals surface area contributed by atoms with Crippen LogP contribution in [0.5, 0.6) is 0 Å². The molecule has 0 radical (unpaired) electrons. The Hall–Kier alpha value is -1.79. The Kier molecular flexibility index (Phi) is 3.98. The molecule has 1 saturated heterocycles. The molecular formula is C15H15Cl2N3O3. The summed E-state index contributed by atoms with van der Waals surface area (Å²) in [6, 6.07) is 4.11. The Balaban J connectivity index is 1.66. The summed E-state index contributed by atoms with van der Waals surface area (Å²) < 4.78 is 0. The van der Waals surface area contributed by atoms with Gasteiger partial charge in [0.1, 0.15) is 12.1 Å². The van der Waals surface area contributed by atoms with Gasteiger partial charge in [0.2, 0.25) is 5.91 Å². The first-order valence-corrected chi connectivity index (χ1v) is 7.96. The van der Waals surface area contributed by atoms with Crippen LogP contribution in [0.1, 0.15) is 19.8 Å². The monoisotopic (exact) mass is 355 g/mol. The van der Waals surface area contributed by atoms with Crippen molar-refractivity contribution in [3.05, 3.63) is 28.2 Å². The molecule has 23 heavy (non-hydrogen) atoms. The highest BCUT2D eigenvalue weighted by atomic mass is 35.5. The normalized spacial score (nSPS) is 23.9. The van der Waals surface area contributed by atoms with Crippen LogP contribution in [0.4, 0.5) is 10.5 Å². The molecule has 1 aliphatic heterocycles. The zero-order chi connectivity index (χ0) is 16.8. The first kappa shape index (κ1) is 16.1. The molecule has 1 atom stereocenters. The van der Waals surface area contributed by atoms with Crippen molar-refractivity contribution in [1.29, 1.82) is 0 Å². The quantitative estimate of drug-likeness (QED) is 0.814. The van der Waals surface area contributed by atoms with E-state index in [9.17, 15) is 14.4 Å². The molecule has 6 nitrogen and oxygen atoms in total. The minimum absolute atomic E-state index is 0.155. The van der Waals surface area contributed by atoms with Crippen molar-refractivity contribution in [3.8, 4) is 0 Å². The minimum atomic E-state index is -0.888. The van der Waals surface area contributed by atoms with E-state index in [1.807, 2.05) is 0 Å². The maximum Gasteiger partial charge on any atom is 0.325 e. The van der Waals surface area contributed by atoms with Crippen LogP contribution in [0, 0.1) is 5.92 Å². The third kappa shape index (κ3) is 3.01. The number of hydrogen-bond acceptors (Lipinski definition) is 3. The van der Waals surface area contributed by atoms with Gasteiger partial charge in [-0.25, -0.2) is 4.79 Å². The Bertz CT molecular complexity index is 705. The lowest BCUT2D eigenvalue weighted by Crippen LogP contribution is -2.46. The maximum atomic E-state index is 12.4. The van der Waals surface area contributed by atoms with Gasteiger partial charge in [-0.15, -0.1) is 0 Å². The summed E-state index contributed by atoms with van der Waals surface area (Å²) in [7, 11) is 0. The molecule has 122 valence electrons. The average Bonchev–Trinajstić information content (AvgIpc) is 3.29. The average molecular weight is 356 g/mol. The number of rotatable bonds is 4. The molecule has 1 saturated carbocycles. The molecule has 0 aromatic heterocycles. The summed E-state index contributed by atoms with van der Waals surface area (Å²) in [5, 5.41) is 5.97. The molecular weight excluding hydrogens is 341 g/mol. The summed E-state index contributed by atoms with van der Waals surface area (Å²) in [6.45, 7) is 1.37. The highest BCUT2D eigenvalue weighted by molar-refractivity contribution is 6.42. The molecule has 1 heterocycles. The van der Waals surface area contributed by atoms with Crippen LogP contribution >= 0.6 is 23.2 Å². The van der Waals surface area contributed by atoms with Crippen LogP contribution in [0.3, 0.4) is 0 Å². The predicted octanol–water partition coefficient (Wildman–Crippen LogP) is 2.65. The maximum absolute atomic E-state index is 12.4. The van der Waals surface area contributed by atoms with Crippen LogP contribution in [-0.2, 0) is 9.59 Å². The number of benzene rings is 1. The van der Waals surface area contributed by atoms with Crippen molar-refractivity contribution in [3.63, 3.8) is 0 Å². The molecule has 1 aromatic carbocycles. The Labute approximate surface area is 143 Å². The second-order valence-corrected chi connectivity index (χ2v) is 6.79. The summed E-state index contributed by atoms with van der Waals surface area (Å²) >= 11 is 11.7. The van der Waals surface area contributed by atoms with E-state index in [0.717, 1.165) is 17.7 Å². The highest BCUT2D eigenvalue weighted by Crippen LogP contribution is 2.42. The smallest absolute Gasteiger partial charge is 0.324 e. The van der Waals surface area contributed by atoms with Crippen molar-refractivity contribution in [2.24, 2.45) is 5.92 Å². The molecule has 8 heteroatoms. The van der Waals surface area contributed by atoms with Gasteiger partial charge < -0.3 is 10.6 Å². The summed E-state index contributed by atoms with van der Waals surface area (Å²) in [5.41, 5.74) is -0.442. The predicted molar refractivity (Wildman–Crippen MR) is 86.5 cm³/mol. The zero-order valence-electron chi connectivity index (χ0n) is 12.4. The molecule has 2 N–H and O–H groups in total. The summed E-state index contributed by atoms with van der Waals surface area (Å²) in [6.07, 6.45) is 1.82. The van der Waals surface area contributed by atoms with Crippen LogP contribution < -0.4 is 10.6 Å². The molecule has 2 fully saturated rings. The number of imide groups is 1. The van der Waals surface area contributed by atoms with Crippen molar-refractivity contribution >= 4 is 46.7 Å². The van der Waals surface area contributed by atoms with Crippen LogP contribution in [0.25, 0.3) is 0 Å². The van der Waals surface area contributed by atoms with Gasteiger partial charge in [-0.1, -0.05) is 23.2 Å². The lowest BCUT2D eigenvalue weighted by Gasteiger charge is -2.20. The third-order valence-electron chi connectivity index (χ3n) is 4.20. The van der Waals surface area contributed by atoms with Crippen molar-refractivity contribution in [2.75, 3.05) is 11.9 Å². The van der Waals surface area contributed by atoms with E-state index in [0.29, 0.717) is 15.7 Å². The van der Waals surface area contributed by atoms with E-state index in [1.54, 1.807) is 19.1 Å². The number of halogens is 2. The number of nitrogens with zero attached hydrogens (tertiary/aromatic N) is 1. The molecule has 2 aliphatic rings. The first-order chi connectivity index (χ1) is 10.8. The van der Waals surface area contributed by atoms with Crippen molar-refractivity contribution in [1.82, 2.24) is 10.2 Å². The van der Waals surface area contributed by atoms with Crippen LogP contribution in [-0.4, -0.2) is 34.8 Å². The Morgan fingerprint density at radius 1 is 1.35 bits per heavy atom. The van der Waals surface area contributed by atoms with Gasteiger partial charge in [0.15, 0.2) is 0 Å². The van der Waals surface area contributed by atoms with Gasteiger partial charge in [-0.3, -0.25) is 14.5 Å². The fourth-order valence-corrected chi connectivity index (χ4v) is 3.01. The molecule has 1 unspecified atom stereocenters. The molecule has 3 rings (SSSR count). The van der Waals surface area contributed by atoms with E-state index in [2.05, 4.69) is 10.6 Å². The minimum Gasteiger partial charge on any atom is -0.324 e. The second kappa shape index (κ2) is 5.69. The van der Waals surface area contributed by atoms with E-state index < -0.39 is 17.5 Å². The number of carbonyl (C=O) groups is 3. The van der Waals surface area contributed by atoms with E-state index >= 15 is 0 Å². The van der Waals surface area contributed by atoms with E-state index in [4.69, 9.17) is 23.2 Å². The summed E-state index contributed by atoms with van der Waals surface area (Å²) in [4.78, 5) is 37.5. The zero-order valence-corrected chi connectivity index (χ0v) is 13.9. The van der Waals surface area contributed by atoms with Crippen molar-refractivity contribution in [2.45, 2.75) is 25.3 Å². The standard InChI is InChI=1S/C15H15Cl2N3O3/c1-15(8-2-3-8)13(22)20(14(23)19-15)7-12(21)18-9-4-5-10(16)11(17)6-9/h4-6,8H,2-3,7H2,1H3,(H,18,21)(H,19,23). The third-order valence-corrected chi connectivity index (χ3v) is 4.94. The van der Waals surface area contributed by atoms with Gasteiger partial charge in [-0.05, 0) is 43.9 Å². The lowest BCUT2D eigenvalue weighted by atomic mass is 9.96. The molecule has 0 spiro atoms. The first-order valence-electron chi connectivity index (χ1n) is 7.20. The molecule has 4 amide bonds. The number of nitrogens with one attached hydrogen (secondary N) is 2. The molecule has 1 aromatic rings. The largest absolute Gasteiger partial charge is 0.325 e. The van der Waals surface area contributed by atoms with Gasteiger partial charge in [0, 0.05) is 5.69 Å². The number of hydrogen-bond donors (Lipinski definition) is 2. The summed E-state index contributed by atoms with van der Waals surface area (Å²) in [5.74, 6) is -0.677. The van der Waals surface area contributed by atoms with Crippen LogP contribution in [0.2, 0.25) is 10.0 Å². The second-order valence-electron chi connectivity index (χ2n) is 5.98. The fourth-order valence-electron chi connectivity index (χ4n) is 2.71. The lowest BCUT2D eigenvalue weighted by molar-refractivity contribution is -0.134. The number of amides is 4. The van der Waals surface area contributed by atoms with Gasteiger partial charge in [-0.2, -0.15) is 0 Å². The number of anilines is 1. The van der Waals surface area contributed by atoms with Gasteiger partial charge in [0.05, 0.1) is 10.0 Å². The highest BCUT2D eigenvalue weighted by Gasteiger charge is 2.56. The topological polar surface area (TPSA) is 78.5 Å².